The maximum Gasteiger partial charge on any atom is 0.254 e. The van der Waals surface area contributed by atoms with Crippen LogP contribution in [0, 0.1) is 11.6 Å². The summed E-state index contributed by atoms with van der Waals surface area (Å²) in [6.45, 7) is 1.65. The van der Waals surface area contributed by atoms with Gasteiger partial charge in [-0.3, -0.25) is 9.89 Å². The fourth-order valence-electron chi connectivity index (χ4n) is 1.44. The van der Waals surface area contributed by atoms with Gasteiger partial charge in [0.2, 0.25) is 0 Å². The number of aromatic amines is 1. The number of carbonyl (C=O) groups excluding carboxylic acids is 1. The first-order valence-electron chi connectivity index (χ1n) is 5.19. The van der Waals surface area contributed by atoms with E-state index in [-0.39, 0.29) is 5.56 Å². The Morgan fingerprint density at radius 3 is 2.89 bits per heavy atom. The lowest BCUT2D eigenvalue weighted by molar-refractivity contribution is 0.0933. The maximum atomic E-state index is 13.3. The number of amides is 1. The molecule has 2 N–H and O–H groups in total. The molecule has 0 fully saturated rings. The lowest BCUT2D eigenvalue weighted by Gasteiger charge is -2.11. The lowest BCUT2D eigenvalue weighted by atomic mass is 10.2. The third-order valence-corrected chi connectivity index (χ3v) is 2.36. The molecule has 18 heavy (non-hydrogen) atoms. The fraction of sp³-hybridized carbons (Fsp3) is 0.182. The number of H-pyrrole nitrogens is 1. The van der Waals surface area contributed by atoms with Gasteiger partial charge in [-0.2, -0.15) is 5.10 Å². The molecule has 2 rings (SSSR count). The van der Waals surface area contributed by atoms with Crippen molar-refractivity contribution in [1.82, 2.24) is 20.5 Å². The Morgan fingerprint density at radius 1 is 1.44 bits per heavy atom. The van der Waals surface area contributed by atoms with Crippen molar-refractivity contribution in [3.63, 3.8) is 0 Å². The average molecular weight is 252 g/mol. The highest BCUT2D eigenvalue weighted by Gasteiger charge is 2.17. The van der Waals surface area contributed by atoms with Gasteiger partial charge < -0.3 is 5.32 Å². The summed E-state index contributed by atoms with van der Waals surface area (Å²) in [6.07, 6.45) is 1.29. The zero-order chi connectivity index (χ0) is 13.1. The van der Waals surface area contributed by atoms with Crippen LogP contribution < -0.4 is 5.32 Å². The van der Waals surface area contributed by atoms with Crippen molar-refractivity contribution in [2.75, 3.05) is 0 Å². The van der Waals surface area contributed by atoms with E-state index in [0.29, 0.717) is 5.82 Å². The second kappa shape index (κ2) is 4.91. The Labute approximate surface area is 101 Å². The number of hydrogen-bond donors (Lipinski definition) is 2. The highest BCUT2D eigenvalue weighted by molar-refractivity contribution is 5.94. The molecule has 0 saturated carbocycles. The Morgan fingerprint density at radius 2 is 2.22 bits per heavy atom. The molecular formula is C11H10F2N4O. The molecule has 1 aromatic heterocycles. The van der Waals surface area contributed by atoms with Gasteiger partial charge in [0, 0.05) is 0 Å². The summed E-state index contributed by atoms with van der Waals surface area (Å²) in [6, 6.07) is 2.22. The molecule has 1 amide bonds. The predicted octanol–water partition coefficient (Wildman–Crippen LogP) is 1.57. The molecule has 1 unspecified atom stereocenters. The van der Waals surface area contributed by atoms with E-state index < -0.39 is 23.6 Å². The minimum Gasteiger partial charge on any atom is -0.342 e. The number of nitrogens with one attached hydrogen (secondary N) is 2. The van der Waals surface area contributed by atoms with Crippen LogP contribution in [0.5, 0.6) is 0 Å². The Kier molecular flexibility index (Phi) is 3.31. The number of benzene rings is 1. The van der Waals surface area contributed by atoms with Crippen LogP contribution in [0.1, 0.15) is 29.1 Å². The smallest absolute Gasteiger partial charge is 0.254 e. The van der Waals surface area contributed by atoms with Gasteiger partial charge in [0.25, 0.3) is 5.91 Å². The Bertz CT molecular complexity index is 556. The molecule has 1 heterocycles. The van der Waals surface area contributed by atoms with Gasteiger partial charge in [0.15, 0.2) is 0 Å². The molecule has 0 spiro atoms. The van der Waals surface area contributed by atoms with Crippen LogP contribution in [-0.2, 0) is 0 Å². The van der Waals surface area contributed by atoms with Crippen molar-refractivity contribution in [3.8, 4) is 0 Å². The SMILES string of the molecule is CC(NC(=O)c1cc(F)ccc1F)c1ncn[nH]1. The Hall–Kier alpha value is -2.31. The average Bonchev–Trinajstić information content (AvgIpc) is 2.85. The topological polar surface area (TPSA) is 70.7 Å². The minimum absolute atomic E-state index is 0.346. The number of aromatic nitrogens is 3. The first kappa shape index (κ1) is 12.2. The van der Waals surface area contributed by atoms with Crippen LogP contribution in [-0.4, -0.2) is 21.1 Å². The largest absolute Gasteiger partial charge is 0.342 e. The van der Waals surface area contributed by atoms with Gasteiger partial charge in [0.1, 0.15) is 23.8 Å². The van der Waals surface area contributed by atoms with Crippen LogP contribution >= 0.6 is 0 Å². The van der Waals surface area contributed by atoms with Crippen molar-refractivity contribution >= 4 is 5.91 Å². The first-order chi connectivity index (χ1) is 8.58. The van der Waals surface area contributed by atoms with Gasteiger partial charge in [0.05, 0.1) is 11.6 Å². The number of nitrogens with zero attached hydrogens (tertiary/aromatic N) is 2. The van der Waals surface area contributed by atoms with Crippen molar-refractivity contribution in [2.24, 2.45) is 0 Å². The molecule has 0 bridgehead atoms. The highest BCUT2D eigenvalue weighted by Crippen LogP contribution is 2.12. The fourth-order valence-corrected chi connectivity index (χ4v) is 1.44. The number of rotatable bonds is 3. The van der Waals surface area contributed by atoms with Crippen LogP contribution in [0.3, 0.4) is 0 Å². The zero-order valence-electron chi connectivity index (χ0n) is 9.45. The Balaban J connectivity index is 2.15. The van der Waals surface area contributed by atoms with E-state index in [1.54, 1.807) is 6.92 Å². The molecule has 0 aliphatic heterocycles. The zero-order valence-corrected chi connectivity index (χ0v) is 9.45. The normalized spacial score (nSPS) is 12.2. The molecule has 5 nitrogen and oxygen atoms in total. The molecule has 0 saturated heterocycles. The predicted molar refractivity (Wildman–Crippen MR) is 58.6 cm³/mol. The number of carbonyl (C=O) groups is 1. The summed E-state index contributed by atoms with van der Waals surface area (Å²) in [4.78, 5) is 15.6. The quantitative estimate of drug-likeness (QED) is 0.871. The van der Waals surface area contributed by atoms with Crippen LogP contribution in [0.25, 0.3) is 0 Å². The van der Waals surface area contributed by atoms with Crippen molar-refractivity contribution < 1.29 is 13.6 Å². The summed E-state index contributed by atoms with van der Waals surface area (Å²) in [5.74, 6) is -1.73. The lowest BCUT2D eigenvalue weighted by Crippen LogP contribution is -2.28. The molecule has 1 aromatic carbocycles. The molecule has 0 aliphatic rings. The van der Waals surface area contributed by atoms with Crippen LogP contribution in [0.2, 0.25) is 0 Å². The molecule has 94 valence electrons. The van der Waals surface area contributed by atoms with Crippen LogP contribution in [0.4, 0.5) is 8.78 Å². The molecule has 7 heteroatoms. The molecular weight excluding hydrogens is 242 g/mol. The van der Waals surface area contributed by atoms with E-state index in [2.05, 4.69) is 20.5 Å². The summed E-state index contributed by atoms with van der Waals surface area (Å²) >= 11 is 0. The summed E-state index contributed by atoms with van der Waals surface area (Å²) in [5.41, 5.74) is -0.346. The van der Waals surface area contributed by atoms with Gasteiger partial charge in [-0.25, -0.2) is 13.8 Å². The standard InChI is InChI=1S/C11H10F2N4O/c1-6(10-14-5-15-17-10)16-11(18)8-4-7(12)2-3-9(8)13/h2-6H,1H3,(H,16,18)(H,14,15,17). The van der Waals surface area contributed by atoms with E-state index in [1.165, 1.54) is 6.33 Å². The van der Waals surface area contributed by atoms with Crippen LogP contribution in [0.15, 0.2) is 24.5 Å². The van der Waals surface area contributed by atoms with Gasteiger partial charge in [-0.1, -0.05) is 0 Å². The molecule has 0 aliphatic carbocycles. The maximum absolute atomic E-state index is 13.3. The van der Waals surface area contributed by atoms with E-state index in [4.69, 9.17) is 0 Å². The second-order valence-corrected chi connectivity index (χ2v) is 3.69. The van der Waals surface area contributed by atoms with E-state index in [1.807, 2.05) is 0 Å². The third kappa shape index (κ3) is 2.50. The molecule has 2 aromatic rings. The van der Waals surface area contributed by atoms with E-state index in [9.17, 15) is 13.6 Å². The van der Waals surface area contributed by atoms with E-state index >= 15 is 0 Å². The third-order valence-electron chi connectivity index (χ3n) is 2.36. The molecule has 1 atom stereocenters. The number of hydrogen-bond acceptors (Lipinski definition) is 3. The summed E-state index contributed by atoms with van der Waals surface area (Å²) in [7, 11) is 0. The van der Waals surface area contributed by atoms with Crippen molar-refractivity contribution in [2.45, 2.75) is 13.0 Å². The highest BCUT2D eigenvalue weighted by atomic mass is 19.1. The first-order valence-corrected chi connectivity index (χ1v) is 5.19. The monoisotopic (exact) mass is 252 g/mol. The number of halogens is 2. The van der Waals surface area contributed by atoms with Gasteiger partial charge >= 0.3 is 0 Å². The minimum atomic E-state index is -0.779. The van der Waals surface area contributed by atoms with Gasteiger partial charge in [-0.15, -0.1) is 0 Å². The summed E-state index contributed by atoms with van der Waals surface area (Å²) < 4.78 is 26.3. The summed E-state index contributed by atoms with van der Waals surface area (Å²) in [5, 5.41) is 8.70. The van der Waals surface area contributed by atoms with Crippen molar-refractivity contribution in [1.29, 1.82) is 0 Å². The molecule has 0 radical (unpaired) electrons. The van der Waals surface area contributed by atoms with Gasteiger partial charge in [-0.05, 0) is 25.1 Å². The van der Waals surface area contributed by atoms with Crippen molar-refractivity contribution in [3.05, 3.63) is 47.5 Å². The second-order valence-electron chi connectivity index (χ2n) is 3.69. The van der Waals surface area contributed by atoms with E-state index in [0.717, 1.165) is 18.2 Å².